The van der Waals surface area contributed by atoms with Gasteiger partial charge in [-0.05, 0) is 26.3 Å². The highest BCUT2D eigenvalue weighted by Gasteiger charge is 2.47. The molecule has 0 spiro atoms. The summed E-state index contributed by atoms with van der Waals surface area (Å²) in [6, 6.07) is -0.440. The zero-order chi connectivity index (χ0) is 13.2. The van der Waals surface area contributed by atoms with E-state index in [1.165, 1.54) is 0 Å². The van der Waals surface area contributed by atoms with Crippen LogP contribution in [0.15, 0.2) is 0 Å². The molecule has 2 aliphatic heterocycles. The molecule has 0 saturated carbocycles. The van der Waals surface area contributed by atoms with Crippen LogP contribution in [0.1, 0.15) is 19.8 Å². The minimum absolute atomic E-state index is 0.0580. The zero-order valence-electron chi connectivity index (χ0n) is 10.6. The van der Waals surface area contributed by atoms with Crippen molar-refractivity contribution in [3.8, 4) is 0 Å². The predicted molar refractivity (Wildman–Crippen MR) is 64.1 cm³/mol. The quantitative estimate of drug-likeness (QED) is 0.639. The Balaban J connectivity index is 1.95. The number of hydrogen-bond acceptors (Lipinski definition) is 4. The Hall–Kier alpha value is -1.14. The summed E-state index contributed by atoms with van der Waals surface area (Å²) in [6.07, 6.45) is 1.84. The van der Waals surface area contributed by atoms with Crippen LogP contribution in [-0.2, 0) is 14.3 Å². The molecule has 0 aromatic rings. The molecule has 0 aromatic heterocycles. The fraction of sp³-hybridized carbons (Fsp3) is 0.833. The van der Waals surface area contributed by atoms with Crippen molar-refractivity contribution in [1.29, 1.82) is 0 Å². The molecular formula is C12H20N2O4. The SMILES string of the molecule is CC1(C(=O)O)COCC1NC(=O)[C@H]1CCCNC1. The Kier molecular flexibility index (Phi) is 3.87. The number of ether oxygens (including phenoxy) is 1. The van der Waals surface area contributed by atoms with Gasteiger partial charge in [-0.3, -0.25) is 9.59 Å². The molecule has 3 atom stereocenters. The van der Waals surface area contributed by atoms with Crippen molar-refractivity contribution in [2.24, 2.45) is 11.3 Å². The minimum atomic E-state index is -1.02. The van der Waals surface area contributed by atoms with E-state index in [1.54, 1.807) is 6.92 Å². The van der Waals surface area contributed by atoms with E-state index in [1.807, 2.05) is 0 Å². The molecule has 2 unspecified atom stereocenters. The van der Waals surface area contributed by atoms with Crippen molar-refractivity contribution >= 4 is 11.9 Å². The number of nitrogens with one attached hydrogen (secondary N) is 2. The Morgan fingerprint density at radius 3 is 2.89 bits per heavy atom. The monoisotopic (exact) mass is 256 g/mol. The number of carboxylic acids is 1. The second-order valence-corrected chi connectivity index (χ2v) is 5.34. The molecular weight excluding hydrogens is 236 g/mol. The second-order valence-electron chi connectivity index (χ2n) is 5.34. The van der Waals surface area contributed by atoms with Crippen LogP contribution in [0.4, 0.5) is 0 Å². The fourth-order valence-electron chi connectivity index (χ4n) is 2.45. The summed E-state index contributed by atoms with van der Waals surface area (Å²) >= 11 is 0. The van der Waals surface area contributed by atoms with Crippen LogP contribution in [0.25, 0.3) is 0 Å². The van der Waals surface area contributed by atoms with Gasteiger partial charge < -0.3 is 20.5 Å². The summed E-state index contributed by atoms with van der Waals surface area (Å²) in [6.45, 7) is 3.66. The number of carbonyl (C=O) groups is 2. The lowest BCUT2D eigenvalue weighted by atomic mass is 9.85. The van der Waals surface area contributed by atoms with Gasteiger partial charge in [0, 0.05) is 6.54 Å². The van der Waals surface area contributed by atoms with Crippen LogP contribution in [0.2, 0.25) is 0 Å². The summed E-state index contributed by atoms with van der Waals surface area (Å²) in [7, 11) is 0. The van der Waals surface area contributed by atoms with Gasteiger partial charge in [0.2, 0.25) is 5.91 Å². The Morgan fingerprint density at radius 2 is 2.28 bits per heavy atom. The number of hydrogen-bond donors (Lipinski definition) is 3. The van der Waals surface area contributed by atoms with Gasteiger partial charge in [0.15, 0.2) is 0 Å². The predicted octanol–water partition coefficient (Wildman–Crippen LogP) is -0.408. The molecule has 2 heterocycles. The Labute approximate surface area is 106 Å². The van der Waals surface area contributed by atoms with Crippen molar-refractivity contribution in [2.75, 3.05) is 26.3 Å². The van der Waals surface area contributed by atoms with Gasteiger partial charge in [0.1, 0.15) is 5.41 Å². The third-order valence-corrected chi connectivity index (χ3v) is 3.93. The van der Waals surface area contributed by atoms with Crippen molar-refractivity contribution in [1.82, 2.24) is 10.6 Å². The molecule has 2 fully saturated rings. The van der Waals surface area contributed by atoms with Crippen LogP contribution in [0.5, 0.6) is 0 Å². The maximum atomic E-state index is 12.1. The molecule has 1 amide bonds. The Morgan fingerprint density at radius 1 is 1.50 bits per heavy atom. The summed E-state index contributed by atoms with van der Waals surface area (Å²) in [5, 5.41) is 15.2. The smallest absolute Gasteiger partial charge is 0.313 e. The maximum Gasteiger partial charge on any atom is 0.313 e. The van der Waals surface area contributed by atoms with Gasteiger partial charge in [0.05, 0.1) is 25.2 Å². The zero-order valence-corrected chi connectivity index (χ0v) is 10.6. The molecule has 3 N–H and O–H groups in total. The van der Waals surface area contributed by atoms with E-state index < -0.39 is 17.4 Å². The van der Waals surface area contributed by atoms with Gasteiger partial charge in [-0.1, -0.05) is 0 Å². The van der Waals surface area contributed by atoms with Crippen molar-refractivity contribution < 1.29 is 19.4 Å². The van der Waals surface area contributed by atoms with Gasteiger partial charge in [0.25, 0.3) is 0 Å². The standard InChI is InChI=1S/C12H20N2O4/c1-12(11(16)17)7-18-6-9(12)14-10(15)8-3-2-4-13-5-8/h8-9,13H,2-7H2,1H3,(H,14,15)(H,16,17)/t8-,9?,12?/m0/s1. The molecule has 2 aliphatic rings. The first kappa shape index (κ1) is 13.3. The lowest BCUT2D eigenvalue weighted by Crippen LogP contribution is -2.52. The van der Waals surface area contributed by atoms with Crippen LogP contribution >= 0.6 is 0 Å². The number of piperidine rings is 1. The lowest BCUT2D eigenvalue weighted by molar-refractivity contribution is -0.149. The van der Waals surface area contributed by atoms with E-state index in [-0.39, 0.29) is 25.0 Å². The minimum Gasteiger partial charge on any atom is -0.481 e. The molecule has 0 aromatic carbocycles. The van der Waals surface area contributed by atoms with Crippen molar-refractivity contribution in [3.63, 3.8) is 0 Å². The lowest BCUT2D eigenvalue weighted by Gasteiger charge is -2.28. The third-order valence-electron chi connectivity index (χ3n) is 3.93. The number of rotatable bonds is 3. The summed E-state index contributed by atoms with van der Waals surface area (Å²) < 4.78 is 5.21. The number of carbonyl (C=O) groups excluding carboxylic acids is 1. The molecule has 6 heteroatoms. The highest BCUT2D eigenvalue weighted by atomic mass is 16.5. The summed E-state index contributed by atoms with van der Waals surface area (Å²) in [5.41, 5.74) is -1.02. The van der Waals surface area contributed by atoms with E-state index in [0.717, 1.165) is 19.4 Å². The molecule has 0 radical (unpaired) electrons. The van der Waals surface area contributed by atoms with Crippen molar-refractivity contribution in [3.05, 3.63) is 0 Å². The number of amides is 1. The fourth-order valence-corrected chi connectivity index (χ4v) is 2.45. The largest absolute Gasteiger partial charge is 0.481 e. The Bertz CT molecular complexity index is 341. The van der Waals surface area contributed by atoms with Gasteiger partial charge >= 0.3 is 5.97 Å². The molecule has 102 valence electrons. The van der Waals surface area contributed by atoms with E-state index in [2.05, 4.69) is 10.6 Å². The second kappa shape index (κ2) is 5.24. The van der Waals surface area contributed by atoms with Gasteiger partial charge in [-0.25, -0.2) is 0 Å². The van der Waals surface area contributed by atoms with Crippen LogP contribution in [0, 0.1) is 11.3 Å². The van der Waals surface area contributed by atoms with E-state index >= 15 is 0 Å². The first-order valence-corrected chi connectivity index (χ1v) is 6.36. The van der Waals surface area contributed by atoms with E-state index in [4.69, 9.17) is 4.74 Å². The molecule has 6 nitrogen and oxygen atoms in total. The molecule has 2 saturated heterocycles. The summed E-state index contributed by atoms with van der Waals surface area (Å²) in [4.78, 5) is 23.3. The highest BCUT2D eigenvalue weighted by molar-refractivity contribution is 5.82. The molecule has 0 aliphatic carbocycles. The van der Waals surface area contributed by atoms with E-state index in [0.29, 0.717) is 6.54 Å². The van der Waals surface area contributed by atoms with Crippen LogP contribution in [-0.4, -0.2) is 49.3 Å². The number of aliphatic carboxylic acids is 1. The van der Waals surface area contributed by atoms with Gasteiger partial charge in [-0.15, -0.1) is 0 Å². The van der Waals surface area contributed by atoms with E-state index in [9.17, 15) is 14.7 Å². The molecule has 2 rings (SSSR count). The first-order valence-electron chi connectivity index (χ1n) is 6.36. The van der Waals surface area contributed by atoms with Crippen LogP contribution < -0.4 is 10.6 Å². The topological polar surface area (TPSA) is 87.7 Å². The van der Waals surface area contributed by atoms with Crippen LogP contribution in [0.3, 0.4) is 0 Å². The maximum absolute atomic E-state index is 12.1. The molecule has 18 heavy (non-hydrogen) atoms. The average molecular weight is 256 g/mol. The average Bonchev–Trinajstić information content (AvgIpc) is 2.73. The highest BCUT2D eigenvalue weighted by Crippen LogP contribution is 2.29. The summed E-state index contributed by atoms with van der Waals surface area (Å²) in [5.74, 6) is -1.05. The normalized spacial score (nSPS) is 36.3. The third kappa shape index (κ3) is 2.49. The molecule has 0 bridgehead atoms. The van der Waals surface area contributed by atoms with Gasteiger partial charge in [-0.2, -0.15) is 0 Å². The number of carboxylic acid groups (broad SMARTS) is 1. The van der Waals surface area contributed by atoms with Crippen molar-refractivity contribution in [2.45, 2.75) is 25.8 Å². The first-order chi connectivity index (χ1) is 8.54.